The van der Waals surface area contributed by atoms with E-state index < -0.39 is 22.8 Å². The number of anilines is 1. The number of hydrogen-bond acceptors (Lipinski definition) is 4. The zero-order chi connectivity index (χ0) is 14.2. The van der Waals surface area contributed by atoms with Gasteiger partial charge in [-0.15, -0.1) is 11.3 Å². The van der Waals surface area contributed by atoms with Crippen LogP contribution in [0.25, 0.3) is 0 Å². The lowest BCUT2D eigenvalue weighted by Gasteiger charge is -2.03. The normalized spacial score (nSPS) is 11.6. The Morgan fingerprint density at radius 2 is 2.21 bits per heavy atom. The van der Waals surface area contributed by atoms with Gasteiger partial charge < -0.3 is 0 Å². The molecule has 0 aliphatic rings. The highest BCUT2D eigenvalue weighted by Crippen LogP contribution is 2.35. The van der Waals surface area contributed by atoms with E-state index in [0.717, 1.165) is 16.0 Å². The van der Waals surface area contributed by atoms with Crippen LogP contribution >= 0.6 is 22.9 Å². The summed E-state index contributed by atoms with van der Waals surface area (Å²) in [6.45, 7) is 0. The first-order valence-electron chi connectivity index (χ1n) is 4.81. The average molecular weight is 311 g/mol. The Bertz CT molecular complexity index is 608. The molecule has 0 radical (unpaired) electrons. The molecule has 1 N–H and O–H groups in total. The number of amides is 1. The summed E-state index contributed by atoms with van der Waals surface area (Å²) in [5.74, 6) is -0.801. The number of aromatic nitrogens is 3. The number of nitrogens with one attached hydrogen (secondary N) is 1. The van der Waals surface area contributed by atoms with Gasteiger partial charge in [-0.2, -0.15) is 18.3 Å². The van der Waals surface area contributed by atoms with Crippen molar-refractivity contribution in [3.8, 4) is 0 Å². The van der Waals surface area contributed by atoms with E-state index in [4.69, 9.17) is 11.6 Å². The Hall–Kier alpha value is -1.61. The second kappa shape index (κ2) is 4.82. The number of hydrogen-bond donors (Lipinski definition) is 1. The maximum atomic E-state index is 12.6. The average Bonchev–Trinajstić information content (AvgIpc) is 2.85. The summed E-state index contributed by atoms with van der Waals surface area (Å²) in [6, 6.07) is 0. The summed E-state index contributed by atoms with van der Waals surface area (Å²) in [4.78, 5) is 15.6. The van der Waals surface area contributed by atoms with Crippen LogP contribution in [0.2, 0.25) is 5.02 Å². The third kappa shape index (κ3) is 2.71. The van der Waals surface area contributed by atoms with Crippen LogP contribution in [0.1, 0.15) is 16.2 Å². The molecule has 10 heteroatoms. The highest BCUT2D eigenvalue weighted by atomic mass is 35.5. The third-order valence-corrected chi connectivity index (χ3v) is 3.17. The summed E-state index contributed by atoms with van der Waals surface area (Å²) in [6.07, 6.45) is -3.26. The molecular formula is C9H6ClF3N4OS. The number of aryl methyl sites for hydroxylation is 1. The minimum Gasteiger partial charge on any atom is -0.296 e. The van der Waals surface area contributed by atoms with Gasteiger partial charge in [0.05, 0.1) is 0 Å². The molecule has 0 aliphatic heterocycles. The van der Waals surface area contributed by atoms with Crippen LogP contribution in [0.15, 0.2) is 11.6 Å². The summed E-state index contributed by atoms with van der Waals surface area (Å²) in [7, 11) is 1.21. The number of nitrogens with zero attached hydrogens (tertiary/aromatic N) is 3. The maximum absolute atomic E-state index is 12.6. The van der Waals surface area contributed by atoms with Gasteiger partial charge in [-0.3, -0.25) is 14.8 Å². The Morgan fingerprint density at radius 3 is 2.68 bits per heavy atom. The first kappa shape index (κ1) is 13.8. The zero-order valence-corrected chi connectivity index (χ0v) is 10.9. The molecule has 0 saturated carbocycles. The van der Waals surface area contributed by atoms with Crippen molar-refractivity contribution in [1.29, 1.82) is 0 Å². The number of carbonyl (C=O) groups excluding carboxylic acids is 1. The van der Waals surface area contributed by atoms with Gasteiger partial charge in [-0.25, -0.2) is 4.98 Å². The van der Waals surface area contributed by atoms with Crippen molar-refractivity contribution in [1.82, 2.24) is 14.8 Å². The number of rotatable bonds is 2. The monoisotopic (exact) mass is 310 g/mol. The van der Waals surface area contributed by atoms with Crippen molar-refractivity contribution >= 4 is 34.0 Å². The van der Waals surface area contributed by atoms with E-state index >= 15 is 0 Å². The molecule has 2 rings (SSSR count). The Morgan fingerprint density at radius 1 is 1.53 bits per heavy atom. The van der Waals surface area contributed by atoms with Gasteiger partial charge in [0.15, 0.2) is 10.8 Å². The highest BCUT2D eigenvalue weighted by molar-refractivity contribution is 7.13. The first-order valence-corrected chi connectivity index (χ1v) is 6.07. The molecule has 0 aliphatic carbocycles. The largest absolute Gasteiger partial charge is 0.436 e. The summed E-state index contributed by atoms with van der Waals surface area (Å²) in [5, 5.41) is 6.69. The van der Waals surface area contributed by atoms with E-state index in [0.29, 0.717) is 0 Å². The number of alkyl halides is 3. The van der Waals surface area contributed by atoms with Crippen molar-refractivity contribution in [3.63, 3.8) is 0 Å². The zero-order valence-electron chi connectivity index (χ0n) is 9.32. The van der Waals surface area contributed by atoms with Crippen LogP contribution in [-0.4, -0.2) is 20.7 Å². The standard InChI is InChI=1S/C9H6ClF3N4OS/c1-17-5(4(10)6(16-17)9(11,12)13)7(18)15-8-14-2-3-19-8/h2-3H,1H3,(H,14,15,18). The molecule has 0 aromatic carbocycles. The fourth-order valence-corrected chi connectivity index (χ4v) is 2.24. The van der Waals surface area contributed by atoms with Crippen LogP contribution in [0.5, 0.6) is 0 Å². The van der Waals surface area contributed by atoms with Gasteiger partial charge in [0.1, 0.15) is 10.7 Å². The van der Waals surface area contributed by atoms with Crippen molar-refractivity contribution in [3.05, 3.63) is 28.0 Å². The molecule has 0 unspecified atom stereocenters. The van der Waals surface area contributed by atoms with E-state index in [1.807, 2.05) is 0 Å². The molecule has 0 spiro atoms. The molecule has 0 bridgehead atoms. The quantitative estimate of drug-likeness (QED) is 0.928. The predicted octanol–water partition coefficient (Wildman–Crippen LogP) is 2.80. The number of carbonyl (C=O) groups is 1. The van der Waals surface area contributed by atoms with E-state index in [2.05, 4.69) is 15.4 Å². The minimum absolute atomic E-state index is 0.260. The maximum Gasteiger partial charge on any atom is 0.436 e. The Labute approximate surface area is 114 Å². The van der Waals surface area contributed by atoms with Gasteiger partial charge >= 0.3 is 6.18 Å². The lowest BCUT2D eigenvalue weighted by Crippen LogP contribution is -2.16. The van der Waals surface area contributed by atoms with Gasteiger partial charge in [-0.05, 0) is 0 Å². The van der Waals surface area contributed by atoms with Crippen LogP contribution in [-0.2, 0) is 13.2 Å². The fourth-order valence-electron chi connectivity index (χ4n) is 1.37. The molecular weight excluding hydrogens is 305 g/mol. The second-order valence-corrected chi connectivity index (χ2v) is 4.70. The Kier molecular flexibility index (Phi) is 3.50. The van der Waals surface area contributed by atoms with Crippen LogP contribution in [0.4, 0.5) is 18.3 Å². The SMILES string of the molecule is Cn1nc(C(F)(F)F)c(Cl)c1C(=O)Nc1nccs1. The van der Waals surface area contributed by atoms with Gasteiger partial charge in [0.2, 0.25) is 0 Å². The molecule has 19 heavy (non-hydrogen) atoms. The minimum atomic E-state index is -4.71. The molecule has 0 saturated heterocycles. The molecule has 2 aromatic rings. The van der Waals surface area contributed by atoms with Gasteiger partial charge in [-0.1, -0.05) is 11.6 Å². The van der Waals surface area contributed by atoms with Gasteiger partial charge in [0, 0.05) is 18.6 Å². The Balaban J connectivity index is 2.35. The molecule has 2 heterocycles. The van der Waals surface area contributed by atoms with Crippen molar-refractivity contribution in [2.24, 2.45) is 7.05 Å². The smallest absolute Gasteiger partial charge is 0.296 e. The fraction of sp³-hybridized carbons (Fsp3) is 0.222. The highest BCUT2D eigenvalue weighted by Gasteiger charge is 2.39. The first-order chi connectivity index (χ1) is 8.80. The van der Waals surface area contributed by atoms with Crippen molar-refractivity contribution < 1.29 is 18.0 Å². The number of thiazole rings is 1. The number of halogens is 4. The van der Waals surface area contributed by atoms with Gasteiger partial charge in [0.25, 0.3) is 5.91 Å². The molecule has 5 nitrogen and oxygen atoms in total. The van der Waals surface area contributed by atoms with Crippen LogP contribution in [0, 0.1) is 0 Å². The molecule has 1 amide bonds. The lowest BCUT2D eigenvalue weighted by molar-refractivity contribution is -0.141. The second-order valence-electron chi connectivity index (χ2n) is 3.42. The van der Waals surface area contributed by atoms with Crippen LogP contribution < -0.4 is 5.32 Å². The molecule has 102 valence electrons. The topological polar surface area (TPSA) is 59.8 Å². The predicted molar refractivity (Wildman–Crippen MR) is 63.3 cm³/mol. The molecule has 0 fully saturated rings. The van der Waals surface area contributed by atoms with Crippen molar-refractivity contribution in [2.75, 3.05) is 5.32 Å². The van der Waals surface area contributed by atoms with E-state index in [1.54, 1.807) is 5.38 Å². The van der Waals surface area contributed by atoms with Crippen molar-refractivity contribution in [2.45, 2.75) is 6.18 Å². The molecule has 0 atom stereocenters. The molecule has 2 aromatic heterocycles. The third-order valence-electron chi connectivity index (χ3n) is 2.13. The van der Waals surface area contributed by atoms with Crippen LogP contribution in [0.3, 0.4) is 0 Å². The summed E-state index contributed by atoms with van der Waals surface area (Å²) in [5.41, 5.74) is -1.66. The van der Waals surface area contributed by atoms with E-state index in [-0.39, 0.29) is 10.8 Å². The van der Waals surface area contributed by atoms with E-state index in [9.17, 15) is 18.0 Å². The van der Waals surface area contributed by atoms with E-state index in [1.165, 1.54) is 13.2 Å². The lowest BCUT2D eigenvalue weighted by atomic mass is 10.3. The summed E-state index contributed by atoms with van der Waals surface area (Å²) >= 11 is 6.70. The summed E-state index contributed by atoms with van der Waals surface area (Å²) < 4.78 is 38.5.